The van der Waals surface area contributed by atoms with Gasteiger partial charge in [0, 0.05) is 30.4 Å². The summed E-state index contributed by atoms with van der Waals surface area (Å²) in [7, 11) is 0. The van der Waals surface area contributed by atoms with Crippen molar-refractivity contribution in [3.63, 3.8) is 0 Å². The number of nitrogens with zero attached hydrogens (tertiary/aromatic N) is 3. The molecule has 0 saturated heterocycles. The van der Waals surface area contributed by atoms with E-state index < -0.39 is 0 Å². The van der Waals surface area contributed by atoms with Crippen molar-refractivity contribution in [2.75, 3.05) is 6.54 Å². The maximum atomic E-state index is 12.4. The number of hydrogen-bond acceptors (Lipinski definition) is 5. The minimum atomic E-state index is -0.00932. The zero-order chi connectivity index (χ0) is 18.1. The summed E-state index contributed by atoms with van der Waals surface area (Å²) in [4.78, 5) is 17.1. The van der Waals surface area contributed by atoms with Crippen molar-refractivity contribution in [2.24, 2.45) is 5.92 Å². The van der Waals surface area contributed by atoms with E-state index in [1.165, 1.54) is 17.8 Å². The average molecular weight is 374 g/mol. The quantitative estimate of drug-likeness (QED) is 0.783. The minimum absolute atomic E-state index is 0.00932. The fourth-order valence-corrected chi connectivity index (χ4v) is 4.52. The van der Waals surface area contributed by atoms with Gasteiger partial charge in [-0.25, -0.2) is 4.98 Å². The van der Waals surface area contributed by atoms with Crippen LogP contribution in [0.2, 0.25) is 0 Å². The summed E-state index contributed by atoms with van der Waals surface area (Å²) in [5.74, 6) is 1.26. The van der Waals surface area contributed by atoms with Gasteiger partial charge < -0.3 is 10.6 Å². The van der Waals surface area contributed by atoms with Gasteiger partial charge in [0.25, 0.3) is 5.91 Å². The number of amides is 1. The Bertz CT molecular complexity index is 777. The fourth-order valence-electron chi connectivity index (χ4n) is 3.53. The second-order valence-electron chi connectivity index (χ2n) is 7.80. The molecule has 1 atom stereocenters. The maximum Gasteiger partial charge on any atom is 0.254 e. The van der Waals surface area contributed by atoms with E-state index in [1.807, 2.05) is 18.5 Å². The van der Waals surface area contributed by atoms with Crippen LogP contribution in [-0.2, 0) is 19.5 Å². The van der Waals surface area contributed by atoms with Crippen molar-refractivity contribution in [3.8, 4) is 0 Å². The monoisotopic (exact) mass is 373 g/mol. The molecular weight excluding hydrogens is 346 g/mol. The summed E-state index contributed by atoms with van der Waals surface area (Å²) in [6.07, 6.45) is 6.33. The first-order chi connectivity index (χ1) is 12.6. The Morgan fingerprint density at radius 3 is 3.00 bits per heavy atom. The van der Waals surface area contributed by atoms with E-state index in [-0.39, 0.29) is 11.9 Å². The Kier molecular flexibility index (Phi) is 5.09. The van der Waals surface area contributed by atoms with Crippen LogP contribution in [0.15, 0.2) is 11.6 Å². The molecule has 6 nitrogen and oxygen atoms in total. The highest BCUT2D eigenvalue weighted by Gasteiger charge is 2.27. The van der Waals surface area contributed by atoms with Gasteiger partial charge in [0.2, 0.25) is 0 Å². The molecule has 2 aromatic rings. The van der Waals surface area contributed by atoms with Crippen LogP contribution in [0.4, 0.5) is 0 Å². The first kappa shape index (κ1) is 17.7. The fraction of sp³-hybridized carbons (Fsp3) is 0.632. The molecule has 2 N–H and O–H groups in total. The maximum absolute atomic E-state index is 12.4. The Labute approximate surface area is 158 Å². The van der Waals surface area contributed by atoms with E-state index in [4.69, 9.17) is 4.98 Å². The van der Waals surface area contributed by atoms with E-state index in [1.54, 1.807) is 17.5 Å². The van der Waals surface area contributed by atoms with Crippen molar-refractivity contribution in [3.05, 3.63) is 33.5 Å². The molecule has 0 unspecified atom stereocenters. The molecule has 2 aliphatic rings. The van der Waals surface area contributed by atoms with Crippen molar-refractivity contribution < 1.29 is 4.79 Å². The lowest BCUT2D eigenvalue weighted by Gasteiger charge is -2.24. The molecule has 0 aromatic carbocycles. The zero-order valence-corrected chi connectivity index (χ0v) is 16.3. The molecule has 26 heavy (non-hydrogen) atoms. The first-order valence-electron chi connectivity index (χ1n) is 9.60. The number of thiazole rings is 1. The van der Waals surface area contributed by atoms with Crippen molar-refractivity contribution >= 4 is 17.2 Å². The molecular formula is C19H27N5OS. The van der Waals surface area contributed by atoms with Crippen LogP contribution in [0.3, 0.4) is 0 Å². The molecule has 7 heteroatoms. The van der Waals surface area contributed by atoms with Crippen molar-refractivity contribution in [1.29, 1.82) is 0 Å². The number of rotatable bonds is 7. The van der Waals surface area contributed by atoms with Crippen molar-refractivity contribution in [1.82, 2.24) is 25.4 Å². The second kappa shape index (κ2) is 7.48. The standard InChI is InChI=1S/C19H27N5OS/c1-12(2)22-18(25)16-10-21-24-6-5-13(7-17(16)24)8-20-9-15-11-26-19(23-15)14-3-4-14/h10-14,20H,3-9H2,1-2H3,(H,22,25)/t13-/m1/s1. The van der Waals surface area contributed by atoms with Crippen LogP contribution >= 0.6 is 11.3 Å². The number of nitrogens with one attached hydrogen (secondary N) is 2. The molecule has 3 heterocycles. The summed E-state index contributed by atoms with van der Waals surface area (Å²) in [6.45, 7) is 6.63. The topological polar surface area (TPSA) is 71.8 Å². The van der Waals surface area contributed by atoms with Gasteiger partial charge >= 0.3 is 0 Å². The third kappa shape index (κ3) is 3.99. The number of aromatic nitrogens is 3. The lowest BCUT2D eigenvalue weighted by atomic mass is 9.94. The van der Waals surface area contributed by atoms with Crippen LogP contribution in [0.5, 0.6) is 0 Å². The SMILES string of the molecule is CC(C)NC(=O)c1cnn2c1C[C@H](CNCc1csc(C3CC3)n1)CC2. The number of fused-ring (bicyclic) bond motifs is 1. The van der Waals surface area contributed by atoms with Crippen LogP contribution in [0.1, 0.15) is 65.8 Å². The molecule has 2 aromatic heterocycles. The first-order valence-corrected chi connectivity index (χ1v) is 10.5. The summed E-state index contributed by atoms with van der Waals surface area (Å²) in [5.41, 5.74) is 2.97. The molecule has 1 aliphatic heterocycles. The second-order valence-corrected chi connectivity index (χ2v) is 8.69. The molecule has 1 aliphatic carbocycles. The van der Waals surface area contributed by atoms with Gasteiger partial charge in [0.15, 0.2) is 0 Å². The number of carbonyl (C=O) groups is 1. The third-order valence-electron chi connectivity index (χ3n) is 5.08. The van der Waals surface area contributed by atoms with Gasteiger partial charge in [-0.3, -0.25) is 9.48 Å². The predicted octanol–water partition coefficient (Wildman–Crippen LogP) is 2.71. The molecule has 140 valence electrons. The predicted molar refractivity (Wildman–Crippen MR) is 102 cm³/mol. The van der Waals surface area contributed by atoms with E-state index in [0.29, 0.717) is 5.92 Å². The minimum Gasteiger partial charge on any atom is -0.350 e. The largest absolute Gasteiger partial charge is 0.350 e. The Hall–Kier alpha value is -1.73. The molecule has 4 rings (SSSR count). The van der Waals surface area contributed by atoms with Crippen molar-refractivity contribution in [2.45, 2.75) is 64.6 Å². The summed E-state index contributed by atoms with van der Waals surface area (Å²) in [5, 5.41) is 14.4. The van der Waals surface area contributed by atoms with E-state index in [0.717, 1.165) is 55.3 Å². The number of carbonyl (C=O) groups excluding carboxylic acids is 1. The average Bonchev–Trinajstić information content (AvgIpc) is 3.20. The highest BCUT2D eigenvalue weighted by Crippen LogP contribution is 2.41. The Balaban J connectivity index is 1.31. The van der Waals surface area contributed by atoms with Crippen LogP contribution in [-0.4, -0.2) is 33.3 Å². The van der Waals surface area contributed by atoms with Crippen LogP contribution < -0.4 is 10.6 Å². The van der Waals surface area contributed by atoms with Gasteiger partial charge in [-0.05, 0) is 52.0 Å². The summed E-state index contributed by atoms with van der Waals surface area (Å²) in [6, 6.07) is 0.137. The summed E-state index contributed by atoms with van der Waals surface area (Å²) < 4.78 is 1.99. The van der Waals surface area contributed by atoms with E-state index in [2.05, 4.69) is 21.1 Å². The molecule has 0 spiro atoms. The van der Waals surface area contributed by atoms with Crippen LogP contribution in [0.25, 0.3) is 0 Å². The molecule has 0 radical (unpaired) electrons. The van der Waals surface area contributed by atoms with Gasteiger partial charge in [0.05, 0.1) is 28.2 Å². The smallest absolute Gasteiger partial charge is 0.254 e. The lowest BCUT2D eigenvalue weighted by molar-refractivity contribution is 0.0941. The van der Waals surface area contributed by atoms with Gasteiger partial charge in [0.1, 0.15) is 0 Å². The van der Waals surface area contributed by atoms with Crippen LogP contribution in [0, 0.1) is 5.92 Å². The molecule has 1 fully saturated rings. The number of hydrogen-bond donors (Lipinski definition) is 2. The van der Waals surface area contributed by atoms with E-state index in [9.17, 15) is 4.79 Å². The highest BCUT2D eigenvalue weighted by molar-refractivity contribution is 7.09. The Morgan fingerprint density at radius 1 is 1.38 bits per heavy atom. The molecule has 1 amide bonds. The third-order valence-corrected chi connectivity index (χ3v) is 6.14. The lowest BCUT2D eigenvalue weighted by Crippen LogP contribution is -2.33. The van der Waals surface area contributed by atoms with Gasteiger partial charge in [-0.1, -0.05) is 0 Å². The molecule has 1 saturated carbocycles. The molecule has 0 bridgehead atoms. The number of aryl methyl sites for hydroxylation is 1. The highest BCUT2D eigenvalue weighted by atomic mass is 32.1. The normalized spacial score (nSPS) is 19.6. The zero-order valence-electron chi connectivity index (χ0n) is 15.5. The van der Waals surface area contributed by atoms with Gasteiger partial charge in [-0.15, -0.1) is 11.3 Å². The van der Waals surface area contributed by atoms with E-state index >= 15 is 0 Å². The van der Waals surface area contributed by atoms with Gasteiger partial charge in [-0.2, -0.15) is 5.10 Å². The summed E-state index contributed by atoms with van der Waals surface area (Å²) >= 11 is 1.80. The Morgan fingerprint density at radius 2 is 2.23 bits per heavy atom.